The van der Waals surface area contributed by atoms with Gasteiger partial charge >= 0.3 is 0 Å². The van der Waals surface area contributed by atoms with Crippen LogP contribution in [0.25, 0.3) is 0 Å². The number of hydrogen-bond donors (Lipinski definition) is 3. The zero-order valence-corrected chi connectivity index (χ0v) is 16.3. The molecule has 0 aliphatic carbocycles. The smallest absolute Gasteiger partial charge is 0.222 e. The van der Waals surface area contributed by atoms with Crippen molar-refractivity contribution in [3.05, 3.63) is 71.8 Å². The molecule has 0 bridgehead atoms. The lowest BCUT2D eigenvalue weighted by Crippen LogP contribution is -2.60. The molecule has 3 N–H and O–H groups in total. The predicted molar refractivity (Wildman–Crippen MR) is 110 cm³/mol. The Labute approximate surface area is 167 Å². The topological polar surface area (TPSA) is 72.8 Å². The molecule has 1 fully saturated rings. The summed E-state index contributed by atoms with van der Waals surface area (Å²) in [5.74, 6) is 0.0296. The van der Waals surface area contributed by atoms with Crippen molar-refractivity contribution in [3.8, 4) is 0 Å². The van der Waals surface area contributed by atoms with E-state index in [9.17, 15) is 15.0 Å². The van der Waals surface area contributed by atoms with Crippen LogP contribution in [-0.2, 0) is 17.6 Å². The molecule has 0 unspecified atom stereocenters. The molecule has 1 aliphatic heterocycles. The minimum Gasteiger partial charge on any atom is -0.388 e. The van der Waals surface area contributed by atoms with Gasteiger partial charge in [0.1, 0.15) is 11.7 Å². The van der Waals surface area contributed by atoms with Gasteiger partial charge in [-0.05, 0) is 36.9 Å². The Hall–Kier alpha value is -2.21. The van der Waals surface area contributed by atoms with Crippen molar-refractivity contribution in [2.75, 3.05) is 26.2 Å². The number of likely N-dealkylation sites (tertiary alicyclic amines) is 1. The Kier molecular flexibility index (Phi) is 7.20. The van der Waals surface area contributed by atoms with Crippen LogP contribution < -0.4 is 5.32 Å². The van der Waals surface area contributed by atoms with Crippen LogP contribution in [0, 0.1) is 0 Å². The van der Waals surface area contributed by atoms with E-state index in [4.69, 9.17) is 0 Å². The van der Waals surface area contributed by atoms with Crippen LogP contribution in [-0.4, -0.2) is 58.9 Å². The van der Waals surface area contributed by atoms with E-state index in [1.807, 2.05) is 48.5 Å². The van der Waals surface area contributed by atoms with E-state index in [0.717, 1.165) is 18.5 Å². The highest BCUT2D eigenvalue weighted by Gasteiger charge is 2.41. The Morgan fingerprint density at radius 1 is 1.04 bits per heavy atom. The highest BCUT2D eigenvalue weighted by molar-refractivity contribution is 5.76. The van der Waals surface area contributed by atoms with E-state index in [0.29, 0.717) is 32.4 Å². The van der Waals surface area contributed by atoms with E-state index < -0.39 is 11.7 Å². The number of piperidine rings is 1. The molecule has 2 atom stereocenters. The number of hydrogen-bond acceptors (Lipinski definition) is 4. The van der Waals surface area contributed by atoms with Gasteiger partial charge in [-0.15, -0.1) is 0 Å². The fourth-order valence-corrected chi connectivity index (χ4v) is 3.63. The van der Waals surface area contributed by atoms with Crippen molar-refractivity contribution in [1.82, 2.24) is 10.2 Å². The van der Waals surface area contributed by atoms with Gasteiger partial charge in [-0.2, -0.15) is 0 Å². The third-order valence-electron chi connectivity index (χ3n) is 5.52. The average Bonchev–Trinajstić information content (AvgIpc) is 2.73. The quantitative estimate of drug-likeness (QED) is 0.609. The highest BCUT2D eigenvalue weighted by Crippen LogP contribution is 2.23. The molecule has 5 heteroatoms. The summed E-state index contributed by atoms with van der Waals surface area (Å²) in [6, 6.07) is 20.1. The molecule has 0 radical (unpaired) electrons. The van der Waals surface area contributed by atoms with Crippen molar-refractivity contribution in [1.29, 1.82) is 0 Å². The Morgan fingerprint density at radius 3 is 2.25 bits per heavy atom. The second-order valence-electron chi connectivity index (χ2n) is 7.61. The average molecular weight is 383 g/mol. The van der Waals surface area contributed by atoms with Crippen LogP contribution in [0.15, 0.2) is 60.7 Å². The first kappa shape index (κ1) is 20.5. The summed E-state index contributed by atoms with van der Waals surface area (Å²) in [6.07, 6.45) is 1.43. The molecule has 28 heavy (non-hydrogen) atoms. The first-order valence-electron chi connectivity index (χ1n) is 10.0. The summed E-state index contributed by atoms with van der Waals surface area (Å²) in [4.78, 5) is 14.1. The summed E-state index contributed by atoms with van der Waals surface area (Å²) >= 11 is 0. The Morgan fingerprint density at radius 2 is 1.64 bits per heavy atom. The molecule has 1 heterocycles. The minimum absolute atomic E-state index is 0.0296. The van der Waals surface area contributed by atoms with Gasteiger partial charge in [0, 0.05) is 26.1 Å². The van der Waals surface area contributed by atoms with E-state index >= 15 is 0 Å². The van der Waals surface area contributed by atoms with Gasteiger partial charge < -0.3 is 20.4 Å². The van der Waals surface area contributed by atoms with Gasteiger partial charge in [-0.25, -0.2) is 0 Å². The minimum atomic E-state index is -1.19. The van der Waals surface area contributed by atoms with Crippen molar-refractivity contribution < 1.29 is 15.0 Å². The molecule has 0 saturated carbocycles. The maximum atomic E-state index is 12.5. The van der Waals surface area contributed by atoms with Crippen molar-refractivity contribution >= 4 is 5.91 Å². The van der Waals surface area contributed by atoms with Gasteiger partial charge in [0.2, 0.25) is 5.91 Å². The molecule has 1 amide bonds. The molecular weight excluding hydrogens is 352 g/mol. The zero-order valence-electron chi connectivity index (χ0n) is 16.3. The number of nitrogens with zero attached hydrogens (tertiary/aromatic N) is 1. The lowest BCUT2D eigenvalue weighted by Gasteiger charge is -2.42. The summed E-state index contributed by atoms with van der Waals surface area (Å²) in [5, 5.41) is 24.5. The summed E-state index contributed by atoms with van der Waals surface area (Å²) in [5.41, 5.74) is 1.18. The molecule has 0 spiro atoms. The number of β-amino-alcohol motifs (C(OH)–C–C–N with tert-alkyl or cyclic N) is 1. The fourth-order valence-electron chi connectivity index (χ4n) is 3.63. The molecule has 2 aromatic carbocycles. The lowest BCUT2D eigenvalue weighted by molar-refractivity contribution is -0.148. The number of rotatable bonds is 8. The second-order valence-corrected chi connectivity index (χ2v) is 7.61. The van der Waals surface area contributed by atoms with E-state index in [1.165, 1.54) is 5.56 Å². The summed E-state index contributed by atoms with van der Waals surface area (Å²) in [6.45, 7) is 1.72. The largest absolute Gasteiger partial charge is 0.388 e. The number of carbonyl (C=O) groups is 1. The van der Waals surface area contributed by atoms with E-state index in [1.54, 1.807) is 4.90 Å². The molecule has 3 rings (SSSR count). The maximum Gasteiger partial charge on any atom is 0.222 e. The van der Waals surface area contributed by atoms with Crippen molar-refractivity contribution in [2.45, 2.75) is 37.4 Å². The Balaban J connectivity index is 1.41. The van der Waals surface area contributed by atoms with Crippen LogP contribution in [0.3, 0.4) is 0 Å². The first-order valence-corrected chi connectivity index (χ1v) is 10.0. The number of amides is 1. The molecule has 1 aliphatic rings. The fraction of sp³-hybridized carbons (Fsp3) is 0.435. The highest BCUT2D eigenvalue weighted by atomic mass is 16.3. The second kappa shape index (κ2) is 9.82. The number of nitrogens with one attached hydrogen (secondary N) is 1. The van der Waals surface area contributed by atoms with Gasteiger partial charge in [-0.1, -0.05) is 60.7 Å². The number of aryl methyl sites for hydroxylation is 1. The van der Waals surface area contributed by atoms with Gasteiger partial charge in [-0.3, -0.25) is 4.79 Å². The maximum absolute atomic E-state index is 12.5. The molecule has 5 nitrogen and oxygen atoms in total. The van der Waals surface area contributed by atoms with Crippen LogP contribution in [0.5, 0.6) is 0 Å². The predicted octanol–water partition coefficient (Wildman–Crippen LogP) is 1.78. The number of carbonyl (C=O) groups excluding carboxylic acids is 1. The lowest BCUT2D eigenvalue weighted by atomic mass is 9.88. The summed E-state index contributed by atoms with van der Waals surface area (Å²) < 4.78 is 0. The van der Waals surface area contributed by atoms with Gasteiger partial charge in [0.15, 0.2) is 0 Å². The monoisotopic (exact) mass is 382 g/mol. The van der Waals surface area contributed by atoms with Crippen LogP contribution in [0.2, 0.25) is 0 Å². The van der Waals surface area contributed by atoms with E-state index in [2.05, 4.69) is 17.4 Å². The zero-order chi connectivity index (χ0) is 19.8. The number of benzene rings is 2. The molecular formula is C23H30N2O3. The summed E-state index contributed by atoms with van der Waals surface area (Å²) in [7, 11) is 0. The molecule has 2 aromatic rings. The molecule has 150 valence electrons. The van der Waals surface area contributed by atoms with Crippen molar-refractivity contribution in [2.24, 2.45) is 0 Å². The van der Waals surface area contributed by atoms with Crippen LogP contribution >= 0.6 is 0 Å². The number of aliphatic hydroxyl groups is 2. The standard InChI is InChI=1S/C23H30N2O3/c26-21-17-25(22(27)12-11-19-7-3-1-4-8-19)16-14-23(21,28)18-24-15-13-20-9-5-2-6-10-20/h1-10,21,24,26,28H,11-18H2/t21-,23-/m0/s1. The normalized spacial score (nSPS) is 22.2. The Bertz CT molecular complexity index is 738. The SMILES string of the molecule is O=C(CCc1ccccc1)N1CC[C@](O)(CNCCc2ccccc2)[C@@H](O)C1. The van der Waals surface area contributed by atoms with Crippen LogP contribution in [0.1, 0.15) is 24.0 Å². The van der Waals surface area contributed by atoms with Gasteiger partial charge in [0.05, 0.1) is 0 Å². The van der Waals surface area contributed by atoms with Crippen molar-refractivity contribution in [3.63, 3.8) is 0 Å². The molecule has 0 aromatic heterocycles. The van der Waals surface area contributed by atoms with E-state index in [-0.39, 0.29) is 12.5 Å². The number of aliphatic hydroxyl groups excluding tert-OH is 1. The third-order valence-corrected chi connectivity index (χ3v) is 5.52. The van der Waals surface area contributed by atoms with Crippen LogP contribution in [0.4, 0.5) is 0 Å². The third kappa shape index (κ3) is 5.64. The van der Waals surface area contributed by atoms with Gasteiger partial charge in [0.25, 0.3) is 0 Å². The molecule has 1 saturated heterocycles. The first-order chi connectivity index (χ1) is 13.6.